The molecular formula is C15H19ClN2O3S. The van der Waals surface area contributed by atoms with Gasteiger partial charge in [-0.3, -0.25) is 0 Å². The van der Waals surface area contributed by atoms with E-state index in [1.807, 2.05) is 19.9 Å². The summed E-state index contributed by atoms with van der Waals surface area (Å²) in [5, 5.41) is 0.266. The monoisotopic (exact) mass is 342 g/mol. The van der Waals surface area contributed by atoms with Gasteiger partial charge in [0.15, 0.2) is 0 Å². The number of methoxy groups -OCH3 is 1. The fraction of sp³-hybridized carbons (Fsp3) is 0.333. The molecule has 0 atom stereocenters. The molecule has 7 heteroatoms. The smallest absolute Gasteiger partial charge is 0.240 e. The van der Waals surface area contributed by atoms with E-state index in [0.717, 1.165) is 17.0 Å². The van der Waals surface area contributed by atoms with Gasteiger partial charge in [-0.25, -0.2) is 13.1 Å². The lowest BCUT2D eigenvalue weighted by Crippen LogP contribution is -2.26. The molecule has 0 bridgehead atoms. The Labute approximate surface area is 135 Å². The molecular weight excluding hydrogens is 324 g/mol. The molecule has 0 radical (unpaired) electrons. The molecule has 2 rings (SSSR count). The third kappa shape index (κ3) is 3.82. The number of H-pyrrole nitrogens is 1. The average molecular weight is 343 g/mol. The second kappa shape index (κ2) is 6.73. The van der Waals surface area contributed by atoms with E-state index in [1.165, 1.54) is 25.3 Å². The van der Waals surface area contributed by atoms with Gasteiger partial charge in [0.25, 0.3) is 0 Å². The van der Waals surface area contributed by atoms with Gasteiger partial charge in [-0.1, -0.05) is 11.6 Å². The average Bonchev–Trinajstić information content (AvgIpc) is 2.76. The van der Waals surface area contributed by atoms with Crippen molar-refractivity contribution in [2.24, 2.45) is 0 Å². The van der Waals surface area contributed by atoms with Gasteiger partial charge < -0.3 is 9.72 Å². The molecule has 0 aliphatic carbocycles. The number of sulfonamides is 1. The van der Waals surface area contributed by atoms with Crippen molar-refractivity contribution < 1.29 is 13.2 Å². The van der Waals surface area contributed by atoms with Crippen LogP contribution in [0, 0.1) is 13.8 Å². The Kier molecular flexibility index (Phi) is 5.16. The molecule has 1 aromatic heterocycles. The Morgan fingerprint density at radius 1 is 1.27 bits per heavy atom. The van der Waals surface area contributed by atoms with E-state index in [4.69, 9.17) is 16.3 Å². The summed E-state index contributed by atoms with van der Waals surface area (Å²) in [5.41, 5.74) is 3.23. The summed E-state index contributed by atoms with van der Waals surface area (Å²) in [5.74, 6) is 0.444. The SMILES string of the molecule is COc1ccc(S(=O)(=O)NCCc2cc(C)[nH]c2C)cc1Cl. The van der Waals surface area contributed by atoms with Crippen molar-refractivity contribution >= 4 is 21.6 Å². The largest absolute Gasteiger partial charge is 0.495 e. The second-order valence-corrected chi connectivity index (χ2v) is 7.22. The van der Waals surface area contributed by atoms with Gasteiger partial charge in [-0.2, -0.15) is 0 Å². The number of rotatable bonds is 6. The van der Waals surface area contributed by atoms with Crippen LogP contribution in [0.15, 0.2) is 29.2 Å². The Bertz CT molecular complexity index is 769. The zero-order valence-electron chi connectivity index (χ0n) is 12.7. The van der Waals surface area contributed by atoms with Gasteiger partial charge in [0.2, 0.25) is 10.0 Å². The van der Waals surface area contributed by atoms with E-state index in [0.29, 0.717) is 18.7 Å². The zero-order valence-corrected chi connectivity index (χ0v) is 14.3. The fourth-order valence-electron chi connectivity index (χ4n) is 2.26. The number of aromatic nitrogens is 1. The number of hydrogen-bond donors (Lipinski definition) is 2. The van der Waals surface area contributed by atoms with Crippen molar-refractivity contribution in [1.29, 1.82) is 0 Å². The molecule has 5 nitrogen and oxygen atoms in total. The first-order chi connectivity index (χ1) is 10.3. The Balaban J connectivity index is 2.05. The van der Waals surface area contributed by atoms with Gasteiger partial charge in [0, 0.05) is 17.9 Å². The summed E-state index contributed by atoms with van der Waals surface area (Å²) >= 11 is 5.97. The highest BCUT2D eigenvalue weighted by atomic mass is 35.5. The molecule has 0 aliphatic heterocycles. The lowest BCUT2D eigenvalue weighted by atomic mass is 10.2. The molecule has 120 valence electrons. The highest BCUT2D eigenvalue weighted by Gasteiger charge is 2.15. The van der Waals surface area contributed by atoms with Crippen LogP contribution in [0.4, 0.5) is 0 Å². The topological polar surface area (TPSA) is 71.2 Å². The number of hydrogen-bond acceptors (Lipinski definition) is 3. The number of ether oxygens (including phenoxy) is 1. The van der Waals surface area contributed by atoms with Crippen LogP contribution in [-0.4, -0.2) is 27.1 Å². The molecule has 1 heterocycles. The third-order valence-electron chi connectivity index (χ3n) is 3.38. The molecule has 0 fully saturated rings. The Morgan fingerprint density at radius 2 is 2.00 bits per heavy atom. The number of nitrogens with one attached hydrogen (secondary N) is 2. The van der Waals surface area contributed by atoms with Crippen LogP contribution in [-0.2, 0) is 16.4 Å². The fourth-order valence-corrected chi connectivity index (χ4v) is 3.64. The molecule has 0 saturated heterocycles. The first kappa shape index (κ1) is 16.9. The van der Waals surface area contributed by atoms with Crippen molar-refractivity contribution in [3.05, 3.63) is 46.2 Å². The van der Waals surface area contributed by atoms with E-state index < -0.39 is 10.0 Å². The number of aryl methyl sites for hydroxylation is 2. The van der Waals surface area contributed by atoms with Crippen LogP contribution < -0.4 is 9.46 Å². The molecule has 0 saturated carbocycles. The van der Waals surface area contributed by atoms with Crippen LogP contribution in [0.3, 0.4) is 0 Å². The minimum atomic E-state index is -3.58. The lowest BCUT2D eigenvalue weighted by molar-refractivity contribution is 0.414. The molecule has 2 N–H and O–H groups in total. The van der Waals surface area contributed by atoms with E-state index in [-0.39, 0.29) is 9.92 Å². The summed E-state index contributed by atoms with van der Waals surface area (Å²) in [7, 11) is -2.10. The van der Waals surface area contributed by atoms with Crippen LogP contribution in [0.1, 0.15) is 17.0 Å². The summed E-state index contributed by atoms with van der Waals surface area (Å²) in [6.45, 7) is 4.27. The van der Waals surface area contributed by atoms with Crippen LogP contribution in [0.25, 0.3) is 0 Å². The van der Waals surface area contributed by atoms with Gasteiger partial charge in [-0.15, -0.1) is 0 Å². The predicted octanol–water partition coefficient (Wildman–Crippen LogP) is 2.81. The minimum absolute atomic E-state index is 0.125. The van der Waals surface area contributed by atoms with E-state index in [1.54, 1.807) is 0 Å². The Hall–Kier alpha value is -1.50. The van der Waals surface area contributed by atoms with Gasteiger partial charge in [-0.05, 0) is 50.1 Å². The number of aromatic amines is 1. The van der Waals surface area contributed by atoms with Crippen molar-refractivity contribution in [2.75, 3.05) is 13.7 Å². The molecule has 2 aromatic rings. The summed E-state index contributed by atoms with van der Waals surface area (Å²) in [4.78, 5) is 3.32. The van der Waals surface area contributed by atoms with Gasteiger partial charge in [0.1, 0.15) is 5.75 Å². The van der Waals surface area contributed by atoms with Crippen molar-refractivity contribution in [2.45, 2.75) is 25.2 Å². The lowest BCUT2D eigenvalue weighted by Gasteiger charge is -2.09. The molecule has 0 amide bonds. The van der Waals surface area contributed by atoms with Crippen molar-refractivity contribution in [1.82, 2.24) is 9.71 Å². The van der Waals surface area contributed by atoms with E-state index in [9.17, 15) is 8.42 Å². The third-order valence-corrected chi connectivity index (χ3v) is 5.13. The maximum Gasteiger partial charge on any atom is 0.240 e. The summed E-state index contributed by atoms with van der Waals surface area (Å²) in [6, 6.07) is 6.41. The maximum absolute atomic E-state index is 12.2. The normalized spacial score (nSPS) is 11.6. The van der Waals surface area contributed by atoms with Crippen molar-refractivity contribution in [3.63, 3.8) is 0 Å². The number of halogens is 1. The maximum atomic E-state index is 12.2. The molecule has 0 spiro atoms. The van der Waals surface area contributed by atoms with Crippen LogP contribution in [0.5, 0.6) is 5.75 Å². The predicted molar refractivity (Wildman–Crippen MR) is 87.2 cm³/mol. The second-order valence-electron chi connectivity index (χ2n) is 5.05. The molecule has 0 aliphatic rings. The first-order valence-corrected chi connectivity index (χ1v) is 8.68. The summed E-state index contributed by atoms with van der Waals surface area (Å²) < 4.78 is 32.1. The van der Waals surface area contributed by atoms with Crippen LogP contribution >= 0.6 is 11.6 Å². The molecule has 1 aromatic carbocycles. The highest BCUT2D eigenvalue weighted by Crippen LogP contribution is 2.26. The molecule has 22 heavy (non-hydrogen) atoms. The summed E-state index contributed by atoms with van der Waals surface area (Å²) in [6.07, 6.45) is 0.624. The van der Waals surface area contributed by atoms with E-state index >= 15 is 0 Å². The quantitative estimate of drug-likeness (QED) is 0.848. The number of benzene rings is 1. The molecule has 0 unspecified atom stereocenters. The van der Waals surface area contributed by atoms with Gasteiger partial charge >= 0.3 is 0 Å². The van der Waals surface area contributed by atoms with Crippen LogP contribution in [0.2, 0.25) is 5.02 Å². The first-order valence-electron chi connectivity index (χ1n) is 6.82. The minimum Gasteiger partial charge on any atom is -0.495 e. The zero-order chi connectivity index (χ0) is 16.3. The van der Waals surface area contributed by atoms with Gasteiger partial charge in [0.05, 0.1) is 17.0 Å². The Morgan fingerprint density at radius 3 is 2.55 bits per heavy atom. The highest BCUT2D eigenvalue weighted by molar-refractivity contribution is 7.89. The standard InChI is InChI=1S/C15H19ClN2O3S/c1-10-8-12(11(2)18-10)6-7-17-22(19,20)13-4-5-15(21-3)14(16)9-13/h4-5,8-9,17-18H,6-7H2,1-3H3. The van der Waals surface area contributed by atoms with Crippen molar-refractivity contribution in [3.8, 4) is 5.75 Å². The van der Waals surface area contributed by atoms with E-state index in [2.05, 4.69) is 9.71 Å².